The van der Waals surface area contributed by atoms with Crippen molar-refractivity contribution in [3.05, 3.63) is 87.6 Å². The van der Waals surface area contributed by atoms with Gasteiger partial charge >= 0.3 is 12.2 Å². The monoisotopic (exact) mass is 959 g/mol. The maximum absolute atomic E-state index is 17.1. The molecule has 3 fully saturated rings. The number of thiophene rings is 1. The number of carbonyl (C=O) groups is 4. The van der Waals surface area contributed by atoms with Crippen molar-refractivity contribution in [1.82, 2.24) is 44.9 Å². The maximum atomic E-state index is 17.1. The number of benzene rings is 2. The van der Waals surface area contributed by atoms with Crippen LogP contribution in [-0.2, 0) is 19.1 Å². The van der Waals surface area contributed by atoms with E-state index in [2.05, 4.69) is 49.4 Å². The van der Waals surface area contributed by atoms with Crippen LogP contribution < -0.4 is 15.4 Å². The summed E-state index contributed by atoms with van der Waals surface area (Å²) < 4.78 is 35.8. The number of nitrogens with zero attached hydrogens (tertiary/aromatic N) is 5. The lowest BCUT2D eigenvalue weighted by Gasteiger charge is -2.30. The number of rotatable bonds is 12. The number of carbonyl (C=O) groups excluding carboxylic acids is 4. The van der Waals surface area contributed by atoms with Crippen molar-refractivity contribution in [2.45, 2.75) is 109 Å². The highest BCUT2D eigenvalue weighted by molar-refractivity contribution is 7.12. The van der Waals surface area contributed by atoms with Crippen LogP contribution in [0.3, 0.4) is 0 Å². The molecule has 0 radical (unpaired) electrons. The molecular weight excluding hydrogens is 902 g/mol. The van der Waals surface area contributed by atoms with Crippen LogP contribution in [0.2, 0.25) is 0 Å². The summed E-state index contributed by atoms with van der Waals surface area (Å²) in [6, 6.07) is 11.7. The number of fused-ring (bicyclic) bond motifs is 5. The Labute approximate surface area is 403 Å². The summed E-state index contributed by atoms with van der Waals surface area (Å²) in [4.78, 5) is 74.3. The number of aromatic amines is 2. The van der Waals surface area contributed by atoms with Gasteiger partial charge in [-0.15, -0.1) is 11.3 Å². The molecule has 10 rings (SSSR count). The minimum Gasteiger partial charge on any atom is -0.464 e. The van der Waals surface area contributed by atoms with Crippen LogP contribution in [0.15, 0.2) is 54.9 Å². The lowest BCUT2D eigenvalue weighted by Crippen LogP contribution is -2.51. The molecule has 69 heavy (non-hydrogen) atoms. The van der Waals surface area contributed by atoms with Crippen molar-refractivity contribution < 1.29 is 37.8 Å². The molecule has 0 bridgehead atoms. The summed E-state index contributed by atoms with van der Waals surface area (Å²) in [7, 11) is 2.55. The van der Waals surface area contributed by atoms with Crippen LogP contribution >= 0.6 is 11.3 Å². The van der Waals surface area contributed by atoms with E-state index in [4.69, 9.17) is 24.2 Å². The zero-order chi connectivity index (χ0) is 48.4. The summed E-state index contributed by atoms with van der Waals surface area (Å²) in [5.74, 6) is 1.05. The Balaban J connectivity index is 0.981. The van der Waals surface area contributed by atoms with E-state index in [9.17, 15) is 19.2 Å². The van der Waals surface area contributed by atoms with Gasteiger partial charge in [-0.3, -0.25) is 14.2 Å². The van der Waals surface area contributed by atoms with E-state index in [1.165, 1.54) is 38.0 Å². The fourth-order valence-electron chi connectivity index (χ4n) is 10.4. The molecule has 3 aliphatic heterocycles. The Hall–Kier alpha value is -6.69. The Morgan fingerprint density at radius 3 is 1.88 bits per heavy atom. The Morgan fingerprint density at radius 1 is 0.768 bits per heavy atom. The van der Waals surface area contributed by atoms with E-state index in [0.717, 1.165) is 57.6 Å². The number of hydrogen-bond donors (Lipinski definition) is 4. The summed E-state index contributed by atoms with van der Waals surface area (Å²) in [6.07, 6.45) is 6.87. The van der Waals surface area contributed by atoms with E-state index >= 15 is 4.39 Å². The third-order valence-corrected chi connectivity index (χ3v) is 15.5. The number of aromatic nitrogens is 5. The molecule has 7 heterocycles. The van der Waals surface area contributed by atoms with Gasteiger partial charge in [-0.2, -0.15) is 0 Å². The molecule has 4 aliphatic rings. The van der Waals surface area contributed by atoms with Crippen LogP contribution in [0.5, 0.6) is 5.75 Å². The highest BCUT2D eigenvalue weighted by atomic mass is 32.1. The molecule has 6 aromatic rings. The van der Waals surface area contributed by atoms with Gasteiger partial charge in [0.1, 0.15) is 35.3 Å². The highest BCUT2D eigenvalue weighted by Gasteiger charge is 2.40. The smallest absolute Gasteiger partial charge is 0.407 e. The van der Waals surface area contributed by atoms with Gasteiger partial charge in [-0.1, -0.05) is 33.8 Å². The van der Waals surface area contributed by atoms with Gasteiger partial charge in [0.15, 0.2) is 0 Å². The van der Waals surface area contributed by atoms with Crippen molar-refractivity contribution in [3.63, 3.8) is 0 Å². The lowest BCUT2D eigenvalue weighted by molar-refractivity contribution is -0.136. The minimum absolute atomic E-state index is 0.151. The summed E-state index contributed by atoms with van der Waals surface area (Å²) in [6.45, 7) is 10.6. The fourth-order valence-corrected chi connectivity index (χ4v) is 11.6. The number of aryl methyl sites for hydroxylation is 1. The zero-order valence-corrected chi connectivity index (χ0v) is 40.7. The predicted molar refractivity (Wildman–Crippen MR) is 258 cm³/mol. The first-order valence-electron chi connectivity index (χ1n) is 23.9. The average Bonchev–Trinajstić information content (AvgIpc) is 4.05. The van der Waals surface area contributed by atoms with E-state index in [1.54, 1.807) is 33.5 Å². The van der Waals surface area contributed by atoms with Crippen LogP contribution in [0.25, 0.3) is 44.7 Å². The number of hydrogen-bond acceptors (Lipinski definition) is 10. The molecule has 1 saturated carbocycles. The number of methoxy groups -OCH3 is 2. The van der Waals surface area contributed by atoms with Crippen LogP contribution in [0, 0.1) is 24.6 Å². The summed E-state index contributed by atoms with van der Waals surface area (Å²) in [5.41, 5.74) is 5.69. The molecule has 2 aromatic carbocycles. The first-order valence-corrected chi connectivity index (χ1v) is 24.7. The first kappa shape index (κ1) is 46.1. The average molecular weight is 960 g/mol. The van der Waals surface area contributed by atoms with E-state index in [-0.39, 0.29) is 35.7 Å². The highest BCUT2D eigenvalue weighted by Crippen LogP contribution is 2.52. The van der Waals surface area contributed by atoms with Gasteiger partial charge in [-0.05, 0) is 105 Å². The van der Waals surface area contributed by atoms with Crippen molar-refractivity contribution >= 4 is 46.2 Å². The van der Waals surface area contributed by atoms with E-state index in [0.29, 0.717) is 59.6 Å². The molecule has 2 saturated heterocycles. The second-order valence-corrected chi connectivity index (χ2v) is 20.5. The molecule has 4 amide bonds. The third-order valence-electron chi connectivity index (χ3n) is 14.2. The van der Waals surface area contributed by atoms with Crippen LogP contribution in [0.1, 0.15) is 117 Å². The Morgan fingerprint density at radius 2 is 1.33 bits per heavy atom. The number of likely N-dealkylation sites (tertiary alicyclic amines) is 2. The molecule has 5 atom stereocenters. The number of imidazole rings is 2. The van der Waals surface area contributed by atoms with E-state index < -0.39 is 36.3 Å². The van der Waals surface area contributed by atoms with Crippen molar-refractivity contribution in [1.29, 1.82) is 0 Å². The molecular formula is C51H58FN9O7S. The lowest BCUT2D eigenvalue weighted by atomic mass is 10.00. The second kappa shape index (κ2) is 18.3. The molecule has 18 heteroatoms. The van der Waals surface area contributed by atoms with Gasteiger partial charge in [0.25, 0.3) is 0 Å². The second-order valence-electron chi connectivity index (χ2n) is 19.4. The molecule has 4 aromatic heterocycles. The fraction of sp³-hybridized carbons (Fsp3) is 0.451. The SMILES string of the molecule is COC(=O)N[C@H](C(=O)N1CCC[C@H]1c1ncc(-c2cc(F)c3c(c2)OC(c2ccc(C4CC4)s2)n2c-3c(C)c3cc(-c4cnc([C@@H]5CCCN5C(=O)[C@@H](NC(=O)OC)C(C)C)[nH]4)ccc32)[nH]1)C(C)C. The number of halogens is 1. The zero-order valence-electron chi connectivity index (χ0n) is 39.9. The Kier molecular flexibility index (Phi) is 12.2. The number of amides is 4. The molecule has 1 unspecified atom stereocenters. The van der Waals surface area contributed by atoms with Crippen molar-refractivity contribution in [3.8, 4) is 39.5 Å². The normalized spacial score (nSPS) is 19.7. The molecule has 4 N–H and O–H groups in total. The van der Waals surface area contributed by atoms with E-state index in [1.807, 2.05) is 46.8 Å². The van der Waals surface area contributed by atoms with Crippen molar-refractivity contribution in [2.75, 3.05) is 27.3 Å². The number of nitrogens with one attached hydrogen (secondary N) is 4. The first-order chi connectivity index (χ1) is 33.2. The number of H-pyrrole nitrogens is 2. The largest absolute Gasteiger partial charge is 0.464 e. The van der Waals surface area contributed by atoms with Gasteiger partial charge in [0.05, 0.1) is 71.7 Å². The summed E-state index contributed by atoms with van der Waals surface area (Å²) in [5, 5.41) is 6.34. The molecule has 0 spiro atoms. The van der Waals surface area contributed by atoms with Gasteiger partial charge < -0.3 is 44.6 Å². The quantitative estimate of drug-likeness (QED) is 0.0926. The van der Waals surface area contributed by atoms with Crippen LogP contribution in [-0.4, -0.2) is 97.7 Å². The molecule has 362 valence electrons. The predicted octanol–water partition coefficient (Wildman–Crippen LogP) is 9.50. The number of ether oxygens (including phenoxy) is 3. The number of alkyl carbamates (subject to hydrolysis) is 2. The minimum atomic E-state index is -0.769. The Bertz CT molecular complexity index is 2970. The van der Waals surface area contributed by atoms with Crippen molar-refractivity contribution in [2.24, 2.45) is 11.8 Å². The van der Waals surface area contributed by atoms with Crippen LogP contribution in [0.4, 0.5) is 14.0 Å². The maximum Gasteiger partial charge on any atom is 0.407 e. The van der Waals surface area contributed by atoms with Gasteiger partial charge in [0.2, 0.25) is 18.0 Å². The van der Waals surface area contributed by atoms with Gasteiger partial charge in [0, 0.05) is 34.5 Å². The standard InChI is InChI=1S/C51H58FN9O7S/c1-25(2)42(57-50(64)66-6)47(62)59-18-8-10-36(59)45-53-23-33(55-45)29-14-15-35-31(20-29)27(5)44-41-32(52)21-30(22-38(41)68-49(61(35)44)40-17-16-39(69-40)28-12-13-28)34-24-54-46(56-34)37-11-9-19-60(37)48(63)43(26(3)4)58-51(65)67-7/h14-17,20-26,28,36-37,42-43,49H,8-13,18-19H2,1-7H3,(H,53,55)(H,54,56)(H,57,64)(H,58,65)/t36-,37-,42-,43-,49?/m0/s1. The topological polar surface area (TPSA) is 189 Å². The van der Waals surface area contributed by atoms with Gasteiger partial charge in [-0.25, -0.2) is 23.9 Å². The molecule has 1 aliphatic carbocycles. The molecule has 16 nitrogen and oxygen atoms in total. The third kappa shape index (κ3) is 8.39. The summed E-state index contributed by atoms with van der Waals surface area (Å²) >= 11 is 1.74.